The molecule has 2 rings (SSSR count). The van der Waals surface area contributed by atoms with Gasteiger partial charge in [0, 0.05) is 11.4 Å². The average molecular weight is 227 g/mol. The van der Waals surface area contributed by atoms with Gasteiger partial charge in [-0.25, -0.2) is 4.39 Å². The van der Waals surface area contributed by atoms with Gasteiger partial charge in [0.25, 0.3) is 0 Å². The summed E-state index contributed by atoms with van der Waals surface area (Å²) >= 11 is 5.61. The summed E-state index contributed by atoms with van der Waals surface area (Å²) in [6.45, 7) is 0. The molecule has 15 heavy (non-hydrogen) atoms. The molecule has 1 fully saturated rings. The molecule has 0 atom stereocenters. The van der Waals surface area contributed by atoms with Crippen molar-refractivity contribution in [3.05, 3.63) is 34.6 Å². The summed E-state index contributed by atoms with van der Waals surface area (Å²) in [5.41, 5.74) is 0.167. The predicted octanol–water partition coefficient (Wildman–Crippen LogP) is 3.85. The fourth-order valence-electron chi connectivity index (χ4n) is 1.59. The van der Waals surface area contributed by atoms with Crippen LogP contribution in [-0.2, 0) is 0 Å². The molecule has 1 nitrogen and oxygen atoms in total. The van der Waals surface area contributed by atoms with Gasteiger partial charge < -0.3 is 0 Å². The number of rotatable bonds is 4. The fourth-order valence-corrected chi connectivity index (χ4v) is 1.75. The summed E-state index contributed by atoms with van der Waals surface area (Å²) < 4.78 is 13.3. The Morgan fingerprint density at radius 3 is 2.80 bits per heavy atom. The number of carbonyl (C=O) groups is 1. The van der Waals surface area contributed by atoms with Crippen molar-refractivity contribution in [3.63, 3.8) is 0 Å². The molecular formula is C12H12ClFO. The van der Waals surface area contributed by atoms with E-state index < -0.39 is 5.82 Å². The number of halogens is 2. The van der Waals surface area contributed by atoms with Crippen molar-refractivity contribution in [3.8, 4) is 0 Å². The van der Waals surface area contributed by atoms with Crippen LogP contribution in [0.5, 0.6) is 0 Å². The third kappa shape index (κ3) is 2.78. The first kappa shape index (κ1) is 10.6. The molecule has 0 heterocycles. The Kier molecular flexibility index (Phi) is 3.06. The highest BCUT2D eigenvalue weighted by molar-refractivity contribution is 6.30. The monoisotopic (exact) mass is 226 g/mol. The zero-order valence-corrected chi connectivity index (χ0v) is 9.06. The van der Waals surface area contributed by atoms with E-state index in [1.54, 1.807) is 6.07 Å². The molecule has 1 aliphatic rings. The van der Waals surface area contributed by atoms with Crippen molar-refractivity contribution in [2.75, 3.05) is 0 Å². The molecule has 80 valence electrons. The lowest BCUT2D eigenvalue weighted by Gasteiger charge is -2.02. The quantitative estimate of drug-likeness (QED) is 0.713. The first-order valence-corrected chi connectivity index (χ1v) is 5.53. The van der Waals surface area contributed by atoms with E-state index in [1.807, 2.05) is 0 Å². The molecule has 0 unspecified atom stereocenters. The summed E-state index contributed by atoms with van der Waals surface area (Å²) in [7, 11) is 0. The van der Waals surface area contributed by atoms with E-state index in [4.69, 9.17) is 11.6 Å². The smallest absolute Gasteiger partial charge is 0.165 e. The third-order valence-electron chi connectivity index (χ3n) is 2.71. The van der Waals surface area contributed by atoms with Crippen molar-refractivity contribution in [2.45, 2.75) is 25.7 Å². The number of hydrogen-bond acceptors (Lipinski definition) is 1. The summed E-state index contributed by atoms with van der Waals surface area (Å²) in [5.74, 6) is 0.0728. The summed E-state index contributed by atoms with van der Waals surface area (Å²) in [6.07, 6.45) is 3.77. The molecule has 0 aliphatic heterocycles. The first-order chi connectivity index (χ1) is 7.16. The van der Waals surface area contributed by atoms with E-state index in [-0.39, 0.29) is 11.3 Å². The Labute approximate surface area is 93.2 Å². The highest BCUT2D eigenvalue weighted by Gasteiger charge is 2.22. The number of hydrogen-bond donors (Lipinski definition) is 0. The van der Waals surface area contributed by atoms with Gasteiger partial charge in [-0.1, -0.05) is 24.4 Å². The zero-order chi connectivity index (χ0) is 10.8. The van der Waals surface area contributed by atoms with Crippen molar-refractivity contribution in [2.24, 2.45) is 5.92 Å². The molecule has 0 N–H and O–H groups in total. The van der Waals surface area contributed by atoms with Crippen molar-refractivity contribution in [1.82, 2.24) is 0 Å². The highest BCUT2D eigenvalue weighted by Crippen LogP contribution is 2.34. The minimum atomic E-state index is -0.511. The van der Waals surface area contributed by atoms with Crippen LogP contribution in [0.25, 0.3) is 0 Å². The lowest BCUT2D eigenvalue weighted by Crippen LogP contribution is -2.02. The Morgan fingerprint density at radius 2 is 2.20 bits per heavy atom. The highest BCUT2D eigenvalue weighted by atomic mass is 35.5. The molecule has 1 aromatic rings. The lowest BCUT2D eigenvalue weighted by atomic mass is 10.0. The van der Waals surface area contributed by atoms with Crippen LogP contribution in [0.1, 0.15) is 36.0 Å². The second-order valence-electron chi connectivity index (χ2n) is 4.03. The second-order valence-corrected chi connectivity index (χ2v) is 4.47. The molecule has 0 spiro atoms. The molecule has 0 saturated heterocycles. The number of benzene rings is 1. The molecule has 3 heteroatoms. The lowest BCUT2D eigenvalue weighted by molar-refractivity contribution is 0.0974. The molecule has 0 amide bonds. The van der Waals surface area contributed by atoms with Gasteiger partial charge in [0.05, 0.1) is 5.56 Å². The summed E-state index contributed by atoms with van der Waals surface area (Å²) in [4.78, 5) is 11.6. The van der Waals surface area contributed by atoms with Crippen molar-refractivity contribution >= 4 is 17.4 Å². The van der Waals surface area contributed by atoms with E-state index >= 15 is 0 Å². The van der Waals surface area contributed by atoms with E-state index in [1.165, 1.54) is 25.0 Å². The standard InChI is InChI=1S/C12H12ClFO/c13-9-4-5-10(11(14)7-9)12(15)6-3-8-1-2-8/h4-5,7-8H,1-3,6H2. The Bertz CT molecular complexity index is 385. The number of ketones is 1. The maximum Gasteiger partial charge on any atom is 0.165 e. The number of carbonyl (C=O) groups excluding carboxylic acids is 1. The number of Topliss-reactive ketones (excluding diaryl/α,β-unsaturated/α-hetero) is 1. The molecule has 0 radical (unpaired) electrons. The van der Waals surface area contributed by atoms with E-state index in [2.05, 4.69) is 0 Å². The van der Waals surface area contributed by atoms with Gasteiger partial charge in [-0.2, -0.15) is 0 Å². The second kappa shape index (κ2) is 4.31. The van der Waals surface area contributed by atoms with Crippen LogP contribution < -0.4 is 0 Å². The Balaban J connectivity index is 2.03. The van der Waals surface area contributed by atoms with Crippen LogP contribution in [0, 0.1) is 11.7 Å². The maximum atomic E-state index is 13.3. The molecule has 1 aliphatic carbocycles. The Hall–Kier alpha value is -0.890. The van der Waals surface area contributed by atoms with Crippen molar-refractivity contribution < 1.29 is 9.18 Å². The SMILES string of the molecule is O=C(CCC1CC1)c1ccc(Cl)cc1F. The van der Waals surface area contributed by atoms with Crippen LogP contribution in [0.15, 0.2) is 18.2 Å². The normalized spacial score (nSPS) is 15.3. The third-order valence-corrected chi connectivity index (χ3v) is 2.94. The van der Waals surface area contributed by atoms with Crippen LogP contribution in [0.3, 0.4) is 0 Å². The minimum Gasteiger partial charge on any atom is -0.294 e. The Morgan fingerprint density at radius 1 is 1.47 bits per heavy atom. The molecular weight excluding hydrogens is 215 g/mol. The predicted molar refractivity (Wildman–Crippen MR) is 57.7 cm³/mol. The molecule has 0 aromatic heterocycles. The van der Waals surface area contributed by atoms with Gasteiger partial charge >= 0.3 is 0 Å². The van der Waals surface area contributed by atoms with Crippen LogP contribution in [-0.4, -0.2) is 5.78 Å². The topological polar surface area (TPSA) is 17.1 Å². The van der Waals surface area contributed by atoms with Gasteiger partial charge in [-0.3, -0.25) is 4.79 Å². The average Bonchev–Trinajstić information content (AvgIpc) is 2.97. The van der Waals surface area contributed by atoms with Crippen LogP contribution in [0.4, 0.5) is 4.39 Å². The van der Waals surface area contributed by atoms with E-state index in [9.17, 15) is 9.18 Å². The van der Waals surface area contributed by atoms with E-state index in [0.717, 1.165) is 6.42 Å². The van der Waals surface area contributed by atoms with Crippen LogP contribution in [0.2, 0.25) is 5.02 Å². The molecule has 1 saturated carbocycles. The van der Waals surface area contributed by atoms with Crippen LogP contribution >= 0.6 is 11.6 Å². The van der Waals surface area contributed by atoms with Gasteiger partial charge in [-0.05, 0) is 30.5 Å². The fraction of sp³-hybridized carbons (Fsp3) is 0.417. The summed E-state index contributed by atoms with van der Waals surface area (Å²) in [5, 5.41) is 0.325. The van der Waals surface area contributed by atoms with Gasteiger partial charge in [-0.15, -0.1) is 0 Å². The molecule has 0 bridgehead atoms. The first-order valence-electron chi connectivity index (χ1n) is 5.15. The van der Waals surface area contributed by atoms with E-state index in [0.29, 0.717) is 17.4 Å². The zero-order valence-electron chi connectivity index (χ0n) is 8.30. The molecule has 1 aromatic carbocycles. The van der Waals surface area contributed by atoms with Crippen molar-refractivity contribution in [1.29, 1.82) is 0 Å². The van der Waals surface area contributed by atoms with Gasteiger partial charge in [0.2, 0.25) is 0 Å². The largest absolute Gasteiger partial charge is 0.294 e. The van der Waals surface area contributed by atoms with Gasteiger partial charge in [0.1, 0.15) is 5.82 Å². The minimum absolute atomic E-state index is 0.115. The summed E-state index contributed by atoms with van der Waals surface area (Å²) in [6, 6.07) is 4.20. The van der Waals surface area contributed by atoms with Gasteiger partial charge in [0.15, 0.2) is 5.78 Å². The maximum absolute atomic E-state index is 13.3.